The van der Waals surface area contributed by atoms with Crippen molar-refractivity contribution in [2.24, 2.45) is 11.8 Å². The molecule has 0 spiro atoms. The first-order chi connectivity index (χ1) is 7.74. The van der Waals surface area contributed by atoms with Gasteiger partial charge in [0.25, 0.3) is 0 Å². The number of anilines is 1. The maximum absolute atomic E-state index is 13.6. The number of halogens is 2. The molecule has 2 fully saturated rings. The van der Waals surface area contributed by atoms with E-state index >= 15 is 0 Å². The number of nitrogens with one attached hydrogen (secondary N) is 1. The van der Waals surface area contributed by atoms with Crippen LogP contribution in [0, 0.1) is 17.7 Å². The van der Waals surface area contributed by atoms with Crippen LogP contribution in [0.1, 0.15) is 25.7 Å². The minimum absolute atomic E-state index is 0.198. The quantitative estimate of drug-likeness (QED) is 0.835. The predicted molar refractivity (Wildman–Crippen MR) is 64.3 cm³/mol. The Balaban J connectivity index is 1.78. The molecule has 2 aliphatic carbocycles. The Labute approximate surface area is 100.0 Å². The van der Waals surface area contributed by atoms with Crippen molar-refractivity contribution in [1.29, 1.82) is 0 Å². The molecule has 0 amide bonds. The third-order valence-electron chi connectivity index (χ3n) is 3.51. The first-order valence-corrected chi connectivity index (χ1v) is 6.33. The molecule has 0 aromatic heterocycles. The van der Waals surface area contributed by atoms with E-state index in [2.05, 4.69) is 5.32 Å². The summed E-state index contributed by atoms with van der Waals surface area (Å²) in [5, 5.41) is 3.94. The van der Waals surface area contributed by atoms with Crippen LogP contribution in [0.4, 0.5) is 10.1 Å². The molecule has 0 atom stereocenters. The summed E-state index contributed by atoms with van der Waals surface area (Å²) in [4.78, 5) is 0. The molecule has 0 bridgehead atoms. The fourth-order valence-electron chi connectivity index (χ4n) is 2.32. The zero-order valence-corrected chi connectivity index (χ0v) is 9.80. The average Bonchev–Trinajstić information content (AvgIpc) is 3.13. The first-order valence-electron chi connectivity index (χ1n) is 5.95. The van der Waals surface area contributed by atoms with Gasteiger partial charge in [-0.15, -0.1) is 0 Å². The zero-order valence-electron chi connectivity index (χ0n) is 9.05. The lowest BCUT2D eigenvalue weighted by Gasteiger charge is -2.19. The first kappa shape index (κ1) is 10.4. The van der Waals surface area contributed by atoms with E-state index < -0.39 is 0 Å². The van der Waals surface area contributed by atoms with Gasteiger partial charge in [-0.3, -0.25) is 0 Å². The maximum Gasteiger partial charge on any atom is 0.146 e. The molecule has 1 aromatic rings. The maximum atomic E-state index is 13.6. The van der Waals surface area contributed by atoms with Gasteiger partial charge >= 0.3 is 0 Å². The minimum atomic E-state index is -0.198. The van der Waals surface area contributed by atoms with Crippen LogP contribution in [0.2, 0.25) is 5.02 Å². The van der Waals surface area contributed by atoms with Gasteiger partial charge in [-0.1, -0.05) is 11.6 Å². The van der Waals surface area contributed by atoms with Gasteiger partial charge in [0.2, 0.25) is 0 Å². The SMILES string of the molecule is Fc1ccc(Cl)cc1NC(C1CC1)C1CC1. The highest BCUT2D eigenvalue weighted by Crippen LogP contribution is 2.46. The van der Waals surface area contributed by atoms with E-state index in [-0.39, 0.29) is 5.82 Å². The summed E-state index contributed by atoms with van der Waals surface area (Å²) in [5.41, 5.74) is 0.566. The van der Waals surface area contributed by atoms with Crippen LogP contribution in [0.15, 0.2) is 18.2 Å². The average molecular weight is 240 g/mol. The summed E-state index contributed by atoms with van der Waals surface area (Å²) in [5.74, 6) is 1.31. The molecule has 16 heavy (non-hydrogen) atoms. The third-order valence-corrected chi connectivity index (χ3v) is 3.75. The molecule has 1 nitrogen and oxygen atoms in total. The van der Waals surface area contributed by atoms with Crippen molar-refractivity contribution in [3.63, 3.8) is 0 Å². The highest BCUT2D eigenvalue weighted by Gasteiger charge is 2.41. The third kappa shape index (κ3) is 2.17. The molecule has 0 unspecified atom stereocenters. The van der Waals surface area contributed by atoms with Crippen molar-refractivity contribution in [2.75, 3.05) is 5.32 Å². The summed E-state index contributed by atoms with van der Waals surface area (Å²) >= 11 is 5.88. The van der Waals surface area contributed by atoms with E-state index in [9.17, 15) is 4.39 Å². The second-order valence-corrected chi connectivity index (χ2v) is 5.41. The fraction of sp³-hybridized carbons (Fsp3) is 0.538. The lowest BCUT2D eigenvalue weighted by molar-refractivity contribution is 0.557. The molecule has 3 heteroatoms. The van der Waals surface area contributed by atoms with Crippen molar-refractivity contribution >= 4 is 17.3 Å². The Morgan fingerprint density at radius 2 is 1.81 bits per heavy atom. The summed E-state index contributed by atoms with van der Waals surface area (Å²) in [6.07, 6.45) is 5.15. The Hall–Kier alpha value is -0.760. The van der Waals surface area contributed by atoms with Crippen molar-refractivity contribution in [1.82, 2.24) is 0 Å². The van der Waals surface area contributed by atoms with Crippen LogP contribution >= 0.6 is 11.6 Å². The van der Waals surface area contributed by atoms with E-state index in [1.807, 2.05) is 0 Å². The van der Waals surface area contributed by atoms with Crippen LogP contribution in [-0.4, -0.2) is 6.04 Å². The van der Waals surface area contributed by atoms with Crippen LogP contribution in [-0.2, 0) is 0 Å². The molecule has 3 rings (SSSR count). The second kappa shape index (κ2) is 3.92. The van der Waals surface area contributed by atoms with E-state index in [0.29, 0.717) is 16.8 Å². The van der Waals surface area contributed by atoms with Gasteiger partial charge in [0.15, 0.2) is 0 Å². The van der Waals surface area contributed by atoms with Crippen molar-refractivity contribution in [3.8, 4) is 0 Å². The van der Waals surface area contributed by atoms with Gasteiger partial charge in [0.1, 0.15) is 5.82 Å². The van der Waals surface area contributed by atoms with Gasteiger partial charge in [0.05, 0.1) is 5.69 Å². The fourth-order valence-corrected chi connectivity index (χ4v) is 2.49. The van der Waals surface area contributed by atoms with E-state index in [1.54, 1.807) is 12.1 Å². The van der Waals surface area contributed by atoms with Crippen LogP contribution < -0.4 is 5.32 Å². The van der Waals surface area contributed by atoms with Crippen molar-refractivity contribution in [2.45, 2.75) is 31.7 Å². The monoisotopic (exact) mass is 239 g/mol. The molecular weight excluding hydrogens is 225 g/mol. The van der Waals surface area contributed by atoms with Gasteiger partial charge in [-0.25, -0.2) is 4.39 Å². The number of rotatable bonds is 4. The molecule has 86 valence electrons. The standard InChI is InChI=1S/C13H15ClFN/c14-10-5-6-11(15)12(7-10)16-13(8-1-2-8)9-3-4-9/h5-9,13,16H,1-4H2. The molecule has 0 radical (unpaired) electrons. The summed E-state index contributed by atoms with van der Waals surface area (Å²) < 4.78 is 13.6. The predicted octanol–water partition coefficient (Wildman–Crippen LogP) is 4.08. The number of hydrogen-bond donors (Lipinski definition) is 1. The van der Waals surface area contributed by atoms with Gasteiger partial charge in [-0.05, 0) is 55.7 Å². The molecule has 0 heterocycles. The lowest BCUT2D eigenvalue weighted by atomic mass is 10.1. The smallest absolute Gasteiger partial charge is 0.146 e. The largest absolute Gasteiger partial charge is 0.379 e. The van der Waals surface area contributed by atoms with Gasteiger partial charge in [0, 0.05) is 11.1 Å². The molecule has 1 N–H and O–H groups in total. The van der Waals surface area contributed by atoms with Crippen molar-refractivity contribution < 1.29 is 4.39 Å². The summed E-state index contributed by atoms with van der Waals surface area (Å²) in [6, 6.07) is 5.18. The van der Waals surface area contributed by atoms with E-state index in [4.69, 9.17) is 11.6 Å². The van der Waals surface area contributed by atoms with Gasteiger partial charge in [-0.2, -0.15) is 0 Å². The Morgan fingerprint density at radius 3 is 2.38 bits per heavy atom. The van der Waals surface area contributed by atoms with Crippen molar-refractivity contribution in [3.05, 3.63) is 29.0 Å². The Morgan fingerprint density at radius 1 is 1.19 bits per heavy atom. The van der Waals surface area contributed by atoms with E-state index in [0.717, 1.165) is 11.8 Å². The molecule has 2 saturated carbocycles. The summed E-state index contributed by atoms with van der Waals surface area (Å²) in [7, 11) is 0. The molecule has 0 aliphatic heterocycles. The molecule has 2 aliphatic rings. The zero-order chi connectivity index (χ0) is 11.1. The van der Waals surface area contributed by atoms with Gasteiger partial charge < -0.3 is 5.32 Å². The number of hydrogen-bond acceptors (Lipinski definition) is 1. The molecular formula is C13H15ClFN. The minimum Gasteiger partial charge on any atom is -0.379 e. The molecule has 0 saturated heterocycles. The highest BCUT2D eigenvalue weighted by atomic mass is 35.5. The van der Waals surface area contributed by atoms with Crippen LogP contribution in [0.3, 0.4) is 0 Å². The topological polar surface area (TPSA) is 12.0 Å². The second-order valence-electron chi connectivity index (χ2n) is 4.97. The van der Waals surface area contributed by atoms with Crippen LogP contribution in [0.5, 0.6) is 0 Å². The highest BCUT2D eigenvalue weighted by molar-refractivity contribution is 6.30. The molecule has 1 aromatic carbocycles. The van der Waals surface area contributed by atoms with E-state index in [1.165, 1.54) is 31.7 Å². The Kier molecular flexibility index (Phi) is 2.55. The lowest BCUT2D eigenvalue weighted by Crippen LogP contribution is -2.24. The number of benzene rings is 1. The Bertz CT molecular complexity index is 387. The van der Waals surface area contributed by atoms with Crippen LogP contribution in [0.25, 0.3) is 0 Å². The summed E-state index contributed by atoms with van der Waals surface area (Å²) in [6.45, 7) is 0. The normalized spacial score (nSPS) is 20.2.